The number of nitriles is 1. The zero-order chi connectivity index (χ0) is 9.97. The summed E-state index contributed by atoms with van der Waals surface area (Å²) in [6.07, 6.45) is 3.37. The Labute approximate surface area is 81.4 Å². The normalized spacial score (nSPS) is 10.0. The maximum atomic E-state index is 8.73. The van der Waals surface area contributed by atoms with Crippen molar-refractivity contribution in [3.8, 4) is 6.07 Å². The van der Waals surface area contributed by atoms with E-state index in [-0.39, 0.29) is 0 Å². The Morgan fingerprint density at radius 2 is 2.43 bits per heavy atom. The Hall–Kier alpha value is -2.02. The van der Waals surface area contributed by atoms with E-state index >= 15 is 0 Å². The lowest BCUT2D eigenvalue weighted by molar-refractivity contribution is 0.469. The maximum absolute atomic E-state index is 8.73. The smallest absolute Gasteiger partial charge is 0.213 e. The summed E-state index contributed by atoms with van der Waals surface area (Å²) in [4.78, 5) is 3.90. The standard InChI is InChI=1S/C10H9N3O/c1-8-2-3-9(14-8)7-13-5-4-12-10(13)6-11/h2-5H,7H2,1H3. The third-order valence-corrected chi connectivity index (χ3v) is 1.94. The molecule has 0 N–H and O–H groups in total. The molecule has 0 bridgehead atoms. The van der Waals surface area contributed by atoms with Gasteiger partial charge in [0.1, 0.15) is 17.6 Å². The number of aryl methyl sites for hydroxylation is 1. The predicted octanol–water partition coefficient (Wildman–Crippen LogP) is 1.70. The van der Waals surface area contributed by atoms with Gasteiger partial charge in [0.15, 0.2) is 0 Å². The Bertz CT molecular complexity index is 476. The van der Waals surface area contributed by atoms with Crippen molar-refractivity contribution in [2.75, 3.05) is 0 Å². The Kier molecular flexibility index (Phi) is 2.07. The molecule has 0 atom stereocenters. The van der Waals surface area contributed by atoms with Gasteiger partial charge in [-0.05, 0) is 19.1 Å². The molecule has 2 aromatic heterocycles. The van der Waals surface area contributed by atoms with Crippen LogP contribution in [0.5, 0.6) is 0 Å². The van der Waals surface area contributed by atoms with E-state index in [2.05, 4.69) is 4.98 Å². The van der Waals surface area contributed by atoms with Gasteiger partial charge in [0, 0.05) is 12.4 Å². The average molecular weight is 187 g/mol. The molecule has 0 aliphatic heterocycles. The molecule has 70 valence electrons. The minimum Gasteiger partial charge on any atom is -0.464 e. The van der Waals surface area contributed by atoms with Crippen LogP contribution in [0.25, 0.3) is 0 Å². The summed E-state index contributed by atoms with van der Waals surface area (Å²) in [7, 11) is 0. The van der Waals surface area contributed by atoms with E-state index in [1.807, 2.05) is 25.1 Å². The number of rotatable bonds is 2. The van der Waals surface area contributed by atoms with Crippen LogP contribution in [0.3, 0.4) is 0 Å². The summed E-state index contributed by atoms with van der Waals surface area (Å²) >= 11 is 0. The molecule has 0 fully saturated rings. The predicted molar refractivity (Wildman–Crippen MR) is 49.5 cm³/mol. The molecule has 2 aromatic rings. The second-order valence-electron chi connectivity index (χ2n) is 3.00. The lowest BCUT2D eigenvalue weighted by Crippen LogP contribution is -2.00. The van der Waals surface area contributed by atoms with Crippen LogP contribution in [0.15, 0.2) is 28.9 Å². The van der Waals surface area contributed by atoms with Gasteiger partial charge in [-0.15, -0.1) is 0 Å². The number of hydrogen-bond acceptors (Lipinski definition) is 3. The van der Waals surface area contributed by atoms with Gasteiger partial charge in [0.2, 0.25) is 5.82 Å². The average Bonchev–Trinajstić information content (AvgIpc) is 2.76. The highest BCUT2D eigenvalue weighted by molar-refractivity contribution is 5.14. The molecular formula is C10H9N3O. The summed E-state index contributed by atoms with van der Waals surface area (Å²) in [5.41, 5.74) is 0. The lowest BCUT2D eigenvalue weighted by atomic mass is 10.4. The molecule has 2 rings (SSSR count). The summed E-state index contributed by atoms with van der Waals surface area (Å²) < 4.78 is 7.15. The molecule has 0 aliphatic rings. The van der Waals surface area contributed by atoms with Crippen molar-refractivity contribution >= 4 is 0 Å². The van der Waals surface area contributed by atoms with Crippen molar-refractivity contribution in [1.82, 2.24) is 9.55 Å². The van der Waals surface area contributed by atoms with Gasteiger partial charge in [-0.25, -0.2) is 4.98 Å². The van der Waals surface area contributed by atoms with Gasteiger partial charge in [0.25, 0.3) is 0 Å². The first-order valence-electron chi connectivity index (χ1n) is 4.26. The number of imidazole rings is 1. The number of hydrogen-bond donors (Lipinski definition) is 0. The van der Waals surface area contributed by atoms with Crippen LogP contribution in [-0.4, -0.2) is 9.55 Å². The van der Waals surface area contributed by atoms with Crippen LogP contribution < -0.4 is 0 Å². The highest BCUT2D eigenvalue weighted by Crippen LogP contribution is 2.09. The van der Waals surface area contributed by atoms with Gasteiger partial charge < -0.3 is 8.98 Å². The highest BCUT2D eigenvalue weighted by atomic mass is 16.3. The monoisotopic (exact) mass is 187 g/mol. The summed E-state index contributed by atoms with van der Waals surface area (Å²) in [6.45, 7) is 2.44. The largest absolute Gasteiger partial charge is 0.464 e. The zero-order valence-electron chi connectivity index (χ0n) is 7.77. The van der Waals surface area contributed by atoms with Crippen molar-refractivity contribution in [1.29, 1.82) is 5.26 Å². The van der Waals surface area contributed by atoms with E-state index in [0.29, 0.717) is 12.4 Å². The van der Waals surface area contributed by atoms with Crippen LogP contribution in [0.2, 0.25) is 0 Å². The molecule has 0 radical (unpaired) electrons. The Morgan fingerprint density at radius 1 is 1.57 bits per heavy atom. The number of nitrogens with zero attached hydrogens (tertiary/aromatic N) is 3. The molecule has 14 heavy (non-hydrogen) atoms. The zero-order valence-corrected chi connectivity index (χ0v) is 7.77. The topological polar surface area (TPSA) is 54.8 Å². The molecule has 0 aliphatic carbocycles. The quantitative estimate of drug-likeness (QED) is 0.719. The number of aromatic nitrogens is 2. The molecule has 0 aromatic carbocycles. The fourth-order valence-electron chi connectivity index (χ4n) is 1.29. The van der Waals surface area contributed by atoms with Crippen LogP contribution >= 0.6 is 0 Å². The van der Waals surface area contributed by atoms with Crippen molar-refractivity contribution in [3.05, 3.63) is 41.9 Å². The van der Waals surface area contributed by atoms with Crippen molar-refractivity contribution in [2.24, 2.45) is 0 Å². The summed E-state index contributed by atoms with van der Waals surface area (Å²) in [5, 5.41) is 8.73. The van der Waals surface area contributed by atoms with Crippen molar-refractivity contribution in [2.45, 2.75) is 13.5 Å². The highest BCUT2D eigenvalue weighted by Gasteiger charge is 2.04. The third-order valence-electron chi connectivity index (χ3n) is 1.94. The fraction of sp³-hybridized carbons (Fsp3) is 0.200. The maximum Gasteiger partial charge on any atom is 0.213 e. The van der Waals surface area contributed by atoms with Gasteiger partial charge in [-0.3, -0.25) is 0 Å². The second-order valence-corrected chi connectivity index (χ2v) is 3.00. The van der Waals surface area contributed by atoms with E-state index in [1.165, 1.54) is 0 Å². The molecule has 4 heteroatoms. The first kappa shape index (κ1) is 8.57. The van der Waals surface area contributed by atoms with E-state index in [9.17, 15) is 0 Å². The van der Waals surface area contributed by atoms with Gasteiger partial charge in [-0.2, -0.15) is 5.26 Å². The van der Waals surface area contributed by atoms with Crippen molar-refractivity contribution in [3.63, 3.8) is 0 Å². The Morgan fingerprint density at radius 3 is 3.07 bits per heavy atom. The number of furan rings is 1. The minimum atomic E-state index is 0.402. The Balaban J connectivity index is 2.23. The van der Waals surface area contributed by atoms with E-state index in [0.717, 1.165) is 11.5 Å². The van der Waals surface area contributed by atoms with Gasteiger partial charge in [-0.1, -0.05) is 0 Å². The summed E-state index contributed by atoms with van der Waals surface area (Å²) in [6, 6.07) is 5.81. The second kappa shape index (κ2) is 3.38. The van der Waals surface area contributed by atoms with Crippen LogP contribution in [0.1, 0.15) is 17.3 Å². The SMILES string of the molecule is Cc1ccc(Cn2ccnc2C#N)o1. The van der Waals surface area contributed by atoms with Crippen LogP contribution in [0, 0.1) is 18.3 Å². The lowest BCUT2D eigenvalue weighted by Gasteiger charge is -1.99. The third kappa shape index (κ3) is 1.52. The molecular weight excluding hydrogens is 178 g/mol. The van der Waals surface area contributed by atoms with Gasteiger partial charge in [0.05, 0.1) is 6.54 Å². The van der Waals surface area contributed by atoms with E-state index < -0.39 is 0 Å². The first-order valence-corrected chi connectivity index (χ1v) is 4.26. The summed E-state index contributed by atoms with van der Waals surface area (Å²) in [5.74, 6) is 2.11. The molecule has 0 saturated heterocycles. The molecule has 0 spiro atoms. The fourth-order valence-corrected chi connectivity index (χ4v) is 1.29. The van der Waals surface area contributed by atoms with Gasteiger partial charge >= 0.3 is 0 Å². The molecule has 4 nitrogen and oxygen atoms in total. The van der Waals surface area contributed by atoms with Crippen molar-refractivity contribution < 1.29 is 4.42 Å². The van der Waals surface area contributed by atoms with E-state index in [1.54, 1.807) is 17.0 Å². The van der Waals surface area contributed by atoms with Crippen LogP contribution in [0.4, 0.5) is 0 Å². The molecule has 0 amide bonds. The van der Waals surface area contributed by atoms with E-state index in [4.69, 9.17) is 9.68 Å². The molecule has 2 heterocycles. The minimum absolute atomic E-state index is 0.402. The van der Waals surface area contributed by atoms with Crippen LogP contribution in [-0.2, 0) is 6.54 Å². The molecule has 0 unspecified atom stereocenters. The first-order chi connectivity index (χ1) is 6.79. The molecule has 0 saturated carbocycles.